The van der Waals surface area contributed by atoms with E-state index in [2.05, 4.69) is 17.2 Å². The molecule has 0 radical (unpaired) electrons. The normalized spacial score (nSPS) is 17.0. The maximum atomic E-state index is 8.54. The average molecular weight is 208 g/mol. The molecule has 0 atom stereocenters. The first-order valence-corrected chi connectivity index (χ1v) is 5.27. The predicted octanol–water partition coefficient (Wildman–Crippen LogP) is 1.07. The largest absolute Gasteiger partial charge is 0.409 e. The number of rotatable bonds is 4. The number of amidine groups is 1. The van der Waals surface area contributed by atoms with E-state index in [1.54, 1.807) is 0 Å². The Morgan fingerprint density at radius 3 is 3.00 bits per heavy atom. The van der Waals surface area contributed by atoms with Gasteiger partial charge in [-0.1, -0.05) is 5.16 Å². The van der Waals surface area contributed by atoms with Crippen LogP contribution >= 0.6 is 0 Å². The minimum absolute atomic E-state index is 0.243. The summed E-state index contributed by atoms with van der Waals surface area (Å²) in [4.78, 5) is 0. The van der Waals surface area contributed by atoms with Gasteiger partial charge in [0.1, 0.15) is 5.84 Å². The van der Waals surface area contributed by atoms with E-state index in [0.29, 0.717) is 12.3 Å². The Balaban J connectivity index is 2.26. The Bertz CT molecular complexity index is 379. The summed E-state index contributed by atoms with van der Waals surface area (Å²) in [6.07, 6.45) is 4.78. The average Bonchev–Trinajstić information content (AvgIpc) is 3.00. The van der Waals surface area contributed by atoms with Gasteiger partial charge in [0.05, 0.1) is 6.20 Å². The Hall–Kier alpha value is -1.52. The van der Waals surface area contributed by atoms with Gasteiger partial charge >= 0.3 is 0 Å². The topological polar surface area (TPSA) is 76.4 Å². The molecule has 0 spiro atoms. The lowest BCUT2D eigenvalue weighted by atomic mass is 10.1. The monoisotopic (exact) mass is 208 g/mol. The molecule has 15 heavy (non-hydrogen) atoms. The molecule has 1 aliphatic carbocycles. The number of aromatic nitrogens is 2. The second-order valence-electron chi connectivity index (χ2n) is 3.91. The second-order valence-corrected chi connectivity index (χ2v) is 3.91. The first-order valence-electron chi connectivity index (χ1n) is 5.27. The van der Waals surface area contributed by atoms with Crippen LogP contribution in [0.3, 0.4) is 0 Å². The van der Waals surface area contributed by atoms with Gasteiger partial charge in [-0.3, -0.25) is 4.68 Å². The van der Waals surface area contributed by atoms with Gasteiger partial charge in [0.25, 0.3) is 0 Å². The van der Waals surface area contributed by atoms with Crippen LogP contribution in [-0.2, 0) is 13.0 Å². The molecule has 1 aromatic heterocycles. The zero-order valence-corrected chi connectivity index (χ0v) is 8.85. The molecule has 0 bridgehead atoms. The van der Waals surface area contributed by atoms with Crippen LogP contribution in [0.4, 0.5) is 0 Å². The molecule has 1 heterocycles. The highest BCUT2D eigenvalue weighted by Crippen LogP contribution is 2.41. The SMILES string of the molecule is CCn1ncc(C/C(N)=N/O)c1C1CC1. The fourth-order valence-corrected chi connectivity index (χ4v) is 1.88. The molecule has 0 saturated heterocycles. The van der Waals surface area contributed by atoms with Crippen LogP contribution in [0.2, 0.25) is 0 Å². The fraction of sp³-hybridized carbons (Fsp3) is 0.600. The highest BCUT2D eigenvalue weighted by molar-refractivity contribution is 5.82. The zero-order valence-electron chi connectivity index (χ0n) is 8.85. The smallest absolute Gasteiger partial charge is 0.143 e. The van der Waals surface area contributed by atoms with Gasteiger partial charge in [-0.25, -0.2) is 0 Å². The summed E-state index contributed by atoms with van der Waals surface area (Å²) in [6, 6.07) is 0. The minimum atomic E-state index is 0.243. The summed E-state index contributed by atoms with van der Waals surface area (Å²) in [7, 11) is 0. The van der Waals surface area contributed by atoms with Gasteiger partial charge in [-0.05, 0) is 19.8 Å². The lowest BCUT2D eigenvalue weighted by Crippen LogP contribution is -2.15. The summed E-state index contributed by atoms with van der Waals surface area (Å²) in [5, 5.41) is 15.8. The molecule has 0 amide bonds. The third kappa shape index (κ3) is 1.95. The van der Waals surface area contributed by atoms with Crippen molar-refractivity contribution >= 4 is 5.84 Å². The van der Waals surface area contributed by atoms with Crippen LogP contribution in [0.5, 0.6) is 0 Å². The van der Waals surface area contributed by atoms with Crippen molar-refractivity contribution < 1.29 is 5.21 Å². The zero-order chi connectivity index (χ0) is 10.8. The van der Waals surface area contributed by atoms with Crippen LogP contribution < -0.4 is 5.73 Å². The number of oxime groups is 1. The minimum Gasteiger partial charge on any atom is -0.409 e. The summed E-state index contributed by atoms with van der Waals surface area (Å²) in [5.74, 6) is 0.876. The van der Waals surface area contributed by atoms with E-state index in [4.69, 9.17) is 10.9 Å². The third-order valence-corrected chi connectivity index (χ3v) is 2.72. The van der Waals surface area contributed by atoms with Crippen molar-refractivity contribution in [2.75, 3.05) is 0 Å². The number of hydrogen-bond donors (Lipinski definition) is 2. The van der Waals surface area contributed by atoms with Crippen LogP contribution in [0.25, 0.3) is 0 Å². The van der Waals surface area contributed by atoms with Gasteiger partial charge in [0.2, 0.25) is 0 Å². The van der Waals surface area contributed by atoms with E-state index in [1.165, 1.54) is 18.5 Å². The van der Waals surface area contributed by atoms with E-state index in [9.17, 15) is 0 Å². The van der Waals surface area contributed by atoms with E-state index >= 15 is 0 Å². The maximum Gasteiger partial charge on any atom is 0.143 e. The summed E-state index contributed by atoms with van der Waals surface area (Å²) in [6.45, 7) is 2.95. The molecular weight excluding hydrogens is 192 g/mol. The van der Waals surface area contributed by atoms with E-state index in [0.717, 1.165) is 12.1 Å². The van der Waals surface area contributed by atoms with Gasteiger partial charge in [0.15, 0.2) is 0 Å². The predicted molar refractivity (Wildman–Crippen MR) is 57.0 cm³/mol. The van der Waals surface area contributed by atoms with Crippen molar-refractivity contribution in [2.45, 2.75) is 38.6 Å². The highest BCUT2D eigenvalue weighted by Gasteiger charge is 2.29. The van der Waals surface area contributed by atoms with Crippen LogP contribution in [0, 0.1) is 0 Å². The third-order valence-electron chi connectivity index (χ3n) is 2.72. The number of aryl methyl sites for hydroxylation is 1. The lowest BCUT2D eigenvalue weighted by molar-refractivity contribution is 0.317. The van der Waals surface area contributed by atoms with Gasteiger partial charge in [-0.2, -0.15) is 5.10 Å². The van der Waals surface area contributed by atoms with Gasteiger partial charge in [0, 0.05) is 30.1 Å². The van der Waals surface area contributed by atoms with Crippen LogP contribution in [0.1, 0.15) is 36.9 Å². The number of nitrogens with two attached hydrogens (primary N) is 1. The van der Waals surface area contributed by atoms with Crippen molar-refractivity contribution in [3.63, 3.8) is 0 Å². The first kappa shape index (κ1) is 10.0. The molecule has 0 unspecified atom stereocenters. The van der Waals surface area contributed by atoms with E-state index in [-0.39, 0.29) is 5.84 Å². The van der Waals surface area contributed by atoms with Crippen LogP contribution in [-0.4, -0.2) is 20.8 Å². The molecule has 82 valence electrons. The van der Waals surface area contributed by atoms with Crippen LogP contribution in [0.15, 0.2) is 11.4 Å². The Morgan fingerprint density at radius 2 is 2.47 bits per heavy atom. The van der Waals surface area contributed by atoms with Crippen molar-refractivity contribution in [2.24, 2.45) is 10.9 Å². The molecule has 5 heteroatoms. The fourth-order valence-electron chi connectivity index (χ4n) is 1.88. The number of nitrogens with zero attached hydrogens (tertiary/aromatic N) is 3. The molecule has 1 aromatic rings. The molecule has 2 rings (SSSR count). The lowest BCUT2D eigenvalue weighted by Gasteiger charge is -2.05. The Morgan fingerprint density at radius 1 is 1.73 bits per heavy atom. The summed E-state index contributed by atoms with van der Waals surface area (Å²) in [5.41, 5.74) is 7.87. The molecule has 1 saturated carbocycles. The molecule has 5 nitrogen and oxygen atoms in total. The van der Waals surface area contributed by atoms with Crippen molar-refractivity contribution in [3.8, 4) is 0 Å². The quantitative estimate of drug-likeness (QED) is 0.336. The molecule has 0 aliphatic heterocycles. The van der Waals surface area contributed by atoms with E-state index < -0.39 is 0 Å². The Labute approximate surface area is 88.6 Å². The number of hydrogen-bond acceptors (Lipinski definition) is 3. The standard InChI is InChI=1S/C10H16N4O/c1-2-14-10(7-3-4-7)8(6-12-14)5-9(11)13-15/h6-7,15H,2-5H2,1H3,(H2,11,13). The van der Waals surface area contributed by atoms with E-state index in [1.807, 2.05) is 10.9 Å². The van der Waals surface area contributed by atoms with Crippen molar-refractivity contribution in [1.29, 1.82) is 0 Å². The maximum absolute atomic E-state index is 8.54. The summed E-state index contributed by atoms with van der Waals surface area (Å²) >= 11 is 0. The van der Waals surface area contributed by atoms with Crippen molar-refractivity contribution in [3.05, 3.63) is 17.5 Å². The molecule has 0 aromatic carbocycles. The first-order chi connectivity index (χ1) is 7.26. The van der Waals surface area contributed by atoms with Crippen molar-refractivity contribution in [1.82, 2.24) is 9.78 Å². The molecule has 1 aliphatic rings. The second kappa shape index (κ2) is 3.92. The Kier molecular flexibility index (Phi) is 2.62. The van der Waals surface area contributed by atoms with Gasteiger partial charge < -0.3 is 10.9 Å². The molecular formula is C10H16N4O. The summed E-state index contributed by atoms with van der Waals surface area (Å²) < 4.78 is 2.01. The highest BCUT2D eigenvalue weighted by atomic mass is 16.4. The van der Waals surface area contributed by atoms with Gasteiger partial charge in [-0.15, -0.1) is 0 Å². The molecule has 1 fully saturated rings. The molecule has 3 N–H and O–H groups in total.